The van der Waals surface area contributed by atoms with Gasteiger partial charge >= 0.3 is 0 Å². The van der Waals surface area contributed by atoms with Gasteiger partial charge in [-0.25, -0.2) is 4.98 Å². The molecule has 1 saturated heterocycles. The predicted octanol–water partition coefficient (Wildman–Crippen LogP) is 1.30. The normalized spacial score (nSPS) is 24.2. The zero-order valence-corrected chi connectivity index (χ0v) is 13.9. The lowest BCUT2D eigenvalue weighted by Gasteiger charge is -2.38. The third-order valence-electron chi connectivity index (χ3n) is 4.73. The van der Waals surface area contributed by atoms with Crippen molar-refractivity contribution in [2.24, 2.45) is 11.8 Å². The van der Waals surface area contributed by atoms with E-state index < -0.39 is 0 Å². The number of rotatable bonds is 2. The number of pyridine rings is 1. The molecule has 1 N–H and O–H groups in total. The Morgan fingerprint density at radius 1 is 1.46 bits per heavy atom. The molecule has 0 unspecified atom stereocenters. The summed E-state index contributed by atoms with van der Waals surface area (Å²) < 4.78 is 10.7. The Morgan fingerprint density at radius 3 is 3.17 bits per heavy atom. The molecule has 7 heteroatoms. The van der Waals surface area contributed by atoms with Crippen LogP contribution in [-0.4, -0.2) is 55.1 Å². The first-order chi connectivity index (χ1) is 11.7. The summed E-state index contributed by atoms with van der Waals surface area (Å²) in [6, 6.07) is 3.57. The van der Waals surface area contributed by atoms with E-state index in [1.54, 1.807) is 18.3 Å². The summed E-state index contributed by atoms with van der Waals surface area (Å²) in [5, 5.41) is 2.89. The van der Waals surface area contributed by atoms with Gasteiger partial charge in [0.2, 0.25) is 17.7 Å². The van der Waals surface area contributed by atoms with Crippen molar-refractivity contribution < 1.29 is 19.1 Å². The van der Waals surface area contributed by atoms with Crippen LogP contribution in [-0.2, 0) is 14.3 Å². The van der Waals surface area contributed by atoms with Gasteiger partial charge in [0.25, 0.3) is 0 Å². The molecule has 7 nitrogen and oxygen atoms in total. The van der Waals surface area contributed by atoms with Gasteiger partial charge in [0, 0.05) is 32.8 Å². The van der Waals surface area contributed by atoms with Crippen LogP contribution in [0.25, 0.3) is 0 Å². The lowest BCUT2D eigenvalue weighted by Crippen LogP contribution is -2.46. The minimum absolute atomic E-state index is 0.00502. The monoisotopic (exact) mass is 333 g/mol. The second-order valence-corrected chi connectivity index (χ2v) is 6.33. The van der Waals surface area contributed by atoms with Gasteiger partial charge in [-0.2, -0.15) is 0 Å². The number of nitrogens with zero attached hydrogens (tertiary/aromatic N) is 2. The number of amides is 2. The number of hydrogen-bond acceptors (Lipinski definition) is 5. The fourth-order valence-corrected chi connectivity index (χ4v) is 3.47. The third-order valence-corrected chi connectivity index (χ3v) is 4.73. The molecule has 1 aromatic rings. The Labute approximate surface area is 141 Å². The molecule has 1 fully saturated rings. The number of piperidine rings is 1. The molecule has 3 heterocycles. The molecule has 2 amide bonds. The van der Waals surface area contributed by atoms with Gasteiger partial charge in [-0.15, -0.1) is 0 Å². The van der Waals surface area contributed by atoms with Gasteiger partial charge in [-0.3, -0.25) is 9.59 Å². The van der Waals surface area contributed by atoms with Crippen LogP contribution < -0.4 is 10.1 Å². The number of aromatic nitrogens is 1. The fourth-order valence-electron chi connectivity index (χ4n) is 3.47. The van der Waals surface area contributed by atoms with Crippen LogP contribution in [0.15, 0.2) is 18.3 Å². The van der Waals surface area contributed by atoms with E-state index in [4.69, 9.17) is 9.47 Å². The second-order valence-electron chi connectivity index (χ2n) is 6.33. The maximum Gasteiger partial charge on any atom is 0.248 e. The number of anilines is 1. The lowest BCUT2D eigenvalue weighted by molar-refractivity contribution is -0.138. The van der Waals surface area contributed by atoms with Crippen LogP contribution in [0.5, 0.6) is 5.88 Å². The minimum Gasteiger partial charge on any atom is -0.476 e. The van der Waals surface area contributed by atoms with Crippen LogP contribution in [0.4, 0.5) is 5.69 Å². The third kappa shape index (κ3) is 3.84. The summed E-state index contributed by atoms with van der Waals surface area (Å²) in [6.07, 6.45) is 3.73. The summed E-state index contributed by atoms with van der Waals surface area (Å²) in [7, 11) is 1.52. The van der Waals surface area contributed by atoms with Gasteiger partial charge < -0.3 is 19.7 Å². The van der Waals surface area contributed by atoms with E-state index in [0.29, 0.717) is 37.7 Å². The maximum absolute atomic E-state index is 12.3. The van der Waals surface area contributed by atoms with Gasteiger partial charge in [-0.1, -0.05) is 0 Å². The van der Waals surface area contributed by atoms with Crippen molar-refractivity contribution in [2.45, 2.75) is 19.3 Å². The van der Waals surface area contributed by atoms with E-state index >= 15 is 0 Å². The van der Waals surface area contributed by atoms with Gasteiger partial charge in [0.1, 0.15) is 12.3 Å². The number of fused-ring (bicyclic) bond motifs is 2. The molecular formula is C17H23N3O4. The number of carbonyl (C=O) groups excluding carboxylic acids is 2. The van der Waals surface area contributed by atoms with Gasteiger partial charge in [-0.05, 0) is 36.8 Å². The topological polar surface area (TPSA) is 80.8 Å². The van der Waals surface area contributed by atoms with Crippen molar-refractivity contribution >= 4 is 17.5 Å². The maximum atomic E-state index is 12.3. The van der Waals surface area contributed by atoms with E-state index in [0.717, 1.165) is 12.8 Å². The first-order valence-electron chi connectivity index (χ1n) is 8.31. The van der Waals surface area contributed by atoms with Gasteiger partial charge in [0.05, 0.1) is 6.61 Å². The smallest absolute Gasteiger partial charge is 0.248 e. The Balaban J connectivity index is 1.71. The largest absolute Gasteiger partial charge is 0.476 e. The molecule has 130 valence electrons. The molecule has 2 aliphatic rings. The van der Waals surface area contributed by atoms with E-state index in [9.17, 15) is 9.59 Å². The van der Waals surface area contributed by atoms with Gasteiger partial charge in [0.15, 0.2) is 0 Å². The number of likely N-dealkylation sites (tertiary alicyclic amines) is 1. The number of carbonyl (C=O) groups is 2. The SMILES string of the molecule is COCC(=O)N1CC[C@H]2CC(=O)Nc3cccnc3OCC[C@H]2C1. The zero-order valence-electron chi connectivity index (χ0n) is 13.9. The van der Waals surface area contributed by atoms with Crippen molar-refractivity contribution in [3.8, 4) is 5.88 Å². The summed E-state index contributed by atoms with van der Waals surface area (Å²) in [5.74, 6) is 0.938. The number of methoxy groups -OCH3 is 1. The molecule has 2 atom stereocenters. The highest BCUT2D eigenvalue weighted by molar-refractivity contribution is 5.92. The average molecular weight is 333 g/mol. The Hall–Kier alpha value is -2.15. The molecule has 2 aliphatic heterocycles. The second kappa shape index (κ2) is 7.61. The molecule has 0 aliphatic carbocycles. The van der Waals surface area contributed by atoms with Crippen LogP contribution in [0, 0.1) is 11.8 Å². The van der Waals surface area contributed by atoms with Crippen molar-refractivity contribution in [3.05, 3.63) is 18.3 Å². The van der Waals surface area contributed by atoms with E-state index in [1.807, 2.05) is 4.90 Å². The molecule has 0 aromatic carbocycles. The summed E-state index contributed by atoms with van der Waals surface area (Å²) in [6.45, 7) is 1.95. The molecule has 0 bridgehead atoms. The van der Waals surface area contributed by atoms with Crippen molar-refractivity contribution in [2.75, 3.05) is 38.7 Å². The standard InChI is InChI=1S/C17H23N3O4/c1-23-11-16(22)20-7-4-12-9-15(21)19-14-3-2-6-18-17(14)24-8-5-13(12)10-20/h2-3,6,12-13H,4-5,7-11H2,1H3,(H,19,21)/t12-,13-/m0/s1. The van der Waals surface area contributed by atoms with Crippen LogP contribution >= 0.6 is 0 Å². The van der Waals surface area contributed by atoms with Crippen LogP contribution in [0.3, 0.4) is 0 Å². The average Bonchev–Trinajstić information content (AvgIpc) is 2.57. The highest BCUT2D eigenvalue weighted by atomic mass is 16.5. The zero-order chi connectivity index (χ0) is 16.9. The van der Waals surface area contributed by atoms with E-state index in [-0.39, 0.29) is 30.3 Å². The van der Waals surface area contributed by atoms with Crippen molar-refractivity contribution in [3.63, 3.8) is 0 Å². The first kappa shape index (κ1) is 16.7. The lowest BCUT2D eigenvalue weighted by atomic mass is 9.81. The molecule has 1 aromatic heterocycles. The molecule has 0 saturated carbocycles. The highest BCUT2D eigenvalue weighted by Crippen LogP contribution is 2.32. The Kier molecular flexibility index (Phi) is 5.30. The fraction of sp³-hybridized carbons (Fsp3) is 0.588. The van der Waals surface area contributed by atoms with E-state index in [2.05, 4.69) is 10.3 Å². The molecule has 3 rings (SSSR count). The summed E-state index contributed by atoms with van der Waals surface area (Å²) >= 11 is 0. The van der Waals surface area contributed by atoms with Crippen LogP contribution in [0.1, 0.15) is 19.3 Å². The van der Waals surface area contributed by atoms with Crippen LogP contribution in [0.2, 0.25) is 0 Å². The van der Waals surface area contributed by atoms with Crippen molar-refractivity contribution in [1.82, 2.24) is 9.88 Å². The Morgan fingerprint density at radius 2 is 2.33 bits per heavy atom. The summed E-state index contributed by atoms with van der Waals surface area (Å²) in [4.78, 5) is 30.4. The number of hydrogen-bond donors (Lipinski definition) is 1. The molecule has 24 heavy (non-hydrogen) atoms. The predicted molar refractivity (Wildman–Crippen MR) is 87.6 cm³/mol. The van der Waals surface area contributed by atoms with E-state index in [1.165, 1.54) is 7.11 Å². The minimum atomic E-state index is -0.0265. The molecule has 0 radical (unpaired) electrons. The quantitative estimate of drug-likeness (QED) is 0.882. The highest BCUT2D eigenvalue weighted by Gasteiger charge is 2.33. The number of ether oxygens (including phenoxy) is 2. The first-order valence-corrected chi connectivity index (χ1v) is 8.31. The van der Waals surface area contributed by atoms with Crippen molar-refractivity contribution in [1.29, 1.82) is 0 Å². The number of nitrogens with one attached hydrogen (secondary N) is 1. The molecule has 0 spiro atoms. The summed E-state index contributed by atoms with van der Waals surface area (Å²) in [5.41, 5.74) is 0.619. The molecular weight excluding hydrogens is 310 g/mol. The Bertz CT molecular complexity index is 607.